The van der Waals surface area contributed by atoms with Gasteiger partial charge in [-0.3, -0.25) is 9.59 Å². The highest BCUT2D eigenvalue weighted by Gasteiger charge is 2.67. The van der Waals surface area contributed by atoms with E-state index in [1.165, 1.54) is 30.3 Å². The van der Waals surface area contributed by atoms with Gasteiger partial charge in [0.25, 0.3) is 5.91 Å². The lowest BCUT2D eigenvalue weighted by Crippen LogP contribution is -2.18. The summed E-state index contributed by atoms with van der Waals surface area (Å²) in [7, 11) is 0. The smallest absolute Gasteiger partial charge is 0.257 e. The van der Waals surface area contributed by atoms with Gasteiger partial charge in [-0.15, -0.1) is 23.2 Å². The average Bonchev–Trinajstić information content (AvgIpc) is 3.34. The molecule has 1 aliphatic rings. The molecule has 35 heavy (non-hydrogen) atoms. The molecule has 3 aromatic carbocycles. The maximum Gasteiger partial charge on any atom is 0.257 e. The van der Waals surface area contributed by atoms with E-state index in [0.717, 1.165) is 0 Å². The van der Waals surface area contributed by atoms with E-state index in [-0.39, 0.29) is 32.1 Å². The lowest BCUT2D eigenvalue weighted by atomic mass is 10.1. The zero-order chi connectivity index (χ0) is 25.7. The van der Waals surface area contributed by atoms with Gasteiger partial charge in [-0.1, -0.05) is 58.0 Å². The van der Waals surface area contributed by atoms with E-state index < -0.39 is 28.0 Å². The molecule has 0 heterocycles. The number of carbonyl (C=O) groups is 2. The summed E-state index contributed by atoms with van der Waals surface area (Å²) in [5.74, 6) is -2.66. The van der Waals surface area contributed by atoms with Gasteiger partial charge in [-0.25, -0.2) is 0 Å². The van der Waals surface area contributed by atoms with E-state index in [9.17, 15) is 14.7 Å². The number of anilines is 2. The maximum atomic E-state index is 13.0. The fourth-order valence-electron chi connectivity index (χ4n) is 3.66. The quantitative estimate of drug-likeness (QED) is 0.200. The molecule has 1 aliphatic carbocycles. The lowest BCUT2D eigenvalue weighted by molar-refractivity contribution is -0.117. The number of nitrogens with one attached hydrogen (secondary N) is 2. The third-order valence-corrected chi connectivity index (χ3v) is 7.62. The zero-order valence-corrected chi connectivity index (χ0v) is 22.5. The SMILES string of the molecule is O=C(Nc1cc(Cl)c(O)c(Cl)c1)c1cc(NC(=O)[C@H]2[C@H](c3cc(Cl)cc(Cl)c3)C2(Cl)Cl)ccc1Cl. The molecule has 2 atom stereocenters. The van der Waals surface area contributed by atoms with Crippen molar-refractivity contribution in [1.29, 1.82) is 0 Å². The monoisotopic (exact) mass is 610 g/mol. The highest BCUT2D eigenvalue weighted by atomic mass is 35.5. The van der Waals surface area contributed by atoms with Crippen LogP contribution >= 0.6 is 81.2 Å². The molecule has 0 unspecified atom stereocenters. The molecule has 3 aromatic rings. The summed E-state index contributed by atoms with van der Waals surface area (Å²) in [4.78, 5) is 25.8. The van der Waals surface area contributed by atoms with Gasteiger partial charge in [0.2, 0.25) is 5.91 Å². The van der Waals surface area contributed by atoms with Crippen LogP contribution in [0.1, 0.15) is 21.8 Å². The van der Waals surface area contributed by atoms with Gasteiger partial charge in [-0.05, 0) is 54.1 Å². The molecule has 5 nitrogen and oxygen atoms in total. The second kappa shape index (κ2) is 10.1. The van der Waals surface area contributed by atoms with Gasteiger partial charge in [0.15, 0.2) is 5.75 Å². The molecule has 3 N–H and O–H groups in total. The van der Waals surface area contributed by atoms with Crippen molar-refractivity contribution in [3.8, 4) is 5.75 Å². The van der Waals surface area contributed by atoms with Crippen LogP contribution in [0.2, 0.25) is 25.1 Å². The highest BCUT2D eigenvalue weighted by molar-refractivity contribution is 6.53. The molecule has 12 heteroatoms. The Labute approximate surface area is 235 Å². The standard InChI is InChI=1S/C23H13Cl7N2O3/c24-10-3-9(4-11(25)5-10)18-19(23(18,29)30)22(35)31-12-1-2-15(26)14(6-12)21(34)32-13-7-16(27)20(33)17(28)8-13/h1-8,18-19,33H,(H,31,35)(H,32,34)/t18-,19+/m0/s1. The number of halogens is 7. The Morgan fingerprint density at radius 1 is 0.771 bits per heavy atom. The Morgan fingerprint density at radius 3 is 1.97 bits per heavy atom. The zero-order valence-electron chi connectivity index (χ0n) is 17.2. The van der Waals surface area contributed by atoms with Crippen LogP contribution in [-0.2, 0) is 4.79 Å². The molecule has 1 fully saturated rings. The second-order valence-corrected chi connectivity index (χ2v) is 11.3. The van der Waals surface area contributed by atoms with E-state index in [1.54, 1.807) is 18.2 Å². The van der Waals surface area contributed by atoms with Crippen LogP contribution in [-0.4, -0.2) is 21.3 Å². The number of hydrogen-bond acceptors (Lipinski definition) is 3. The summed E-state index contributed by atoms with van der Waals surface area (Å²) in [6, 6.07) is 11.9. The van der Waals surface area contributed by atoms with E-state index >= 15 is 0 Å². The minimum atomic E-state index is -1.36. The molecule has 0 aliphatic heterocycles. The molecule has 2 amide bonds. The predicted molar refractivity (Wildman–Crippen MR) is 143 cm³/mol. The largest absolute Gasteiger partial charge is 0.505 e. The number of aromatic hydroxyl groups is 1. The van der Waals surface area contributed by atoms with Gasteiger partial charge in [0.05, 0.1) is 26.5 Å². The Kier molecular flexibility index (Phi) is 7.61. The number of amides is 2. The minimum absolute atomic E-state index is 0.0366. The molecule has 0 bridgehead atoms. The highest BCUT2D eigenvalue weighted by Crippen LogP contribution is 2.65. The van der Waals surface area contributed by atoms with Crippen LogP contribution < -0.4 is 10.6 Å². The number of hydrogen-bond donors (Lipinski definition) is 3. The topological polar surface area (TPSA) is 78.4 Å². The van der Waals surface area contributed by atoms with Crippen LogP contribution in [0.5, 0.6) is 5.75 Å². The van der Waals surface area contributed by atoms with Crippen LogP contribution in [0.3, 0.4) is 0 Å². The van der Waals surface area contributed by atoms with Crippen LogP contribution in [0.25, 0.3) is 0 Å². The van der Waals surface area contributed by atoms with Crippen LogP contribution in [0, 0.1) is 5.92 Å². The van der Waals surface area contributed by atoms with E-state index in [0.29, 0.717) is 21.3 Å². The fourth-order valence-corrected chi connectivity index (χ4v) is 5.72. The molecule has 4 rings (SSSR count). The number of rotatable bonds is 5. The molecule has 0 saturated heterocycles. The summed E-state index contributed by atoms with van der Waals surface area (Å²) in [5.41, 5.74) is 1.24. The van der Waals surface area contributed by atoms with Crippen molar-refractivity contribution in [2.75, 3.05) is 10.6 Å². The second-order valence-electron chi connectivity index (χ2n) is 7.76. The molecule has 182 valence electrons. The van der Waals surface area contributed by atoms with E-state index in [4.69, 9.17) is 81.2 Å². The fraction of sp³-hybridized carbons (Fsp3) is 0.130. The summed E-state index contributed by atoms with van der Waals surface area (Å²) in [5, 5.41) is 15.8. The Balaban J connectivity index is 1.52. The Morgan fingerprint density at radius 2 is 1.37 bits per heavy atom. The molecule has 0 aromatic heterocycles. The number of carbonyl (C=O) groups excluding carboxylic acids is 2. The van der Waals surface area contributed by atoms with Gasteiger partial charge in [-0.2, -0.15) is 0 Å². The predicted octanol–water partition coefficient (Wildman–Crippen LogP) is 8.44. The molecular formula is C23H13Cl7N2O3. The Bertz CT molecular complexity index is 1320. The van der Waals surface area contributed by atoms with E-state index in [1.807, 2.05) is 0 Å². The van der Waals surface area contributed by atoms with Gasteiger partial charge in [0.1, 0.15) is 4.33 Å². The van der Waals surface area contributed by atoms with Gasteiger partial charge in [0, 0.05) is 27.3 Å². The maximum absolute atomic E-state index is 13.0. The summed E-state index contributed by atoms with van der Waals surface area (Å²) in [6.07, 6.45) is 0. The first-order chi connectivity index (χ1) is 16.4. The molecule has 0 radical (unpaired) electrons. The van der Waals surface area contributed by atoms with Gasteiger partial charge >= 0.3 is 0 Å². The third kappa shape index (κ3) is 5.57. The first kappa shape index (κ1) is 26.5. The first-order valence-corrected chi connectivity index (χ1v) is 12.5. The Hall–Kier alpha value is -1.57. The van der Waals surface area contributed by atoms with E-state index in [2.05, 4.69) is 10.6 Å². The van der Waals surface area contributed by atoms with Crippen molar-refractivity contribution in [3.05, 3.63) is 84.8 Å². The number of benzene rings is 3. The lowest BCUT2D eigenvalue weighted by Gasteiger charge is -2.11. The summed E-state index contributed by atoms with van der Waals surface area (Å²) in [6.45, 7) is 0. The molecule has 0 spiro atoms. The average molecular weight is 614 g/mol. The number of phenolic OH excluding ortho intramolecular Hbond substituents is 1. The summed E-state index contributed by atoms with van der Waals surface area (Å²) >= 11 is 42.9. The third-order valence-electron chi connectivity index (χ3n) is 5.33. The minimum Gasteiger partial charge on any atom is -0.505 e. The van der Waals surface area contributed by atoms with Crippen LogP contribution in [0.15, 0.2) is 48.5 Å². The first-order valence-electron chi connectivity index (χ1n) is 9.82. The van der Waals surface area contributed by atoms with Crippen molar-refractivity contribution in [1.82, 2.24) is 0 Å². The van der Waals surface area contributed by atoms with Crippen molar-refractivity contribution in [2.45, 2.75) is 10.3 Å². The molecular weight excluding hydrogens is 600 g/mol. The molecule has 1 saturated carbocycles. The number of phenols is 1. The van der Waals surface area contributed by atoms with Crippen LogP contribution in [0.4, 0.5) is 11.4 Å². The van der Waals surface area contributed by atoms with Crippen molar-refractivity contribution < 1.29 is 14.7 Å². The normalized spacial score (nSPS) is 18.1. The number of alkyl halides is 2. The van der Waals surface area contributed by atoms with Crippen molar-refractivity contribution in [3.63, 3.8) is 0 Å². The van der Waals surface area contributed by atoms with Gasteiger partial charge < -0.3 is 15.7 Å². The summed E-state index contributed by atoms with van der Waals surface area (Å²) < 4.78 is -1.36. The van der Waals surface area contributed by atoms with Crippen molar-refractivity contribution in [2.24, 2.45) is 5.92 Å². The van der Waals surface area contributed by atoms with Crippen molar-refractivity contribution >= 4 is 104 Å².